The molecule has 24 heavy (non-hydrogen) atoms. The Kier molecular flexibility index (Phi) is 5.20. The number of carbonyl (C=O) groups is 1. The smallest absolute Gasteiger partial charge is 0.223 e. The molecule has 1 atom stereocenters. The lowest BCUT2D eigenvalue weighted by atomic mass is 9.97. The summed E-state index contributed by atoms with van der Waals surface area (Å²) in [5.41, 5.74) is 3.32. The van der Waals surface area contributed by atoms with Crippen molar-refractivity contribution in [2.75, 3.05) is 26.8 Å². The number of hydrogen-bond acceptors (Lipinski definition) is 4. The number of benzene rings is 1. The minimum absolute atomic E-state index is 0.238. The van der Waals surface area contributed by atoms with Crippen LogP contribution in [0, 0.1) is 12.8 Å². The molecule has 1 saturated heterocycles. The maximum atomic E-state index is 12.0. The van der Waals surface area contributed by atoms with E-state index in [1.54, 1.807) is 7.11 Å². The number of methoxy groups -OCH3 is 1. The normalized spacial score (nSPS) is 17.5. The van der Waals surface area contributed by atoms with Crippen LogP contribution in [0.25, 0.3) is 11.4 Å². The van der Waals surface area contributed by atoms with Crippen molar-refractivity contribution >= 4 is 5.91 Å². The van der Waals surface area contributed by atoms with Gasteiger partial charge in [0.15, 0.2) is 5.82 Å². The molecule has 3 rings (SSSR count). The lowest BCUT2D eigenvalue weighted by molar-refractivity contribution is -0.128. The van der Waals surface area contributed by atoms with Crippen LogP contribution in [0.4, 0.5) is 0 Å². The monoisotopic (exact) mass is 325 g/mol. The van der Waals surface area contributed by atoms with Crippen molar-refractivity contribution in [3.8, 4) is 11.4 Å². The van der Waals surface area contributed by atoms with E-state index in [1.807, 2.05) is 24.2 Å². The molecule has 1 aliphatic heterocycles. The molecule has 5 nitrogen and oxygen atoms in total. The van der Waals surface area contributed by atoms with Crippen LogP contribution in [-0.4, -0.2) is 47.6 Å². The van der Waals surface area contributed by atoms with E-state index in [-0.39, 0.29) is 5.91 Å². The summed E-state index contributed by atoms with van der Waals surface area (Å²) in [6, 6.07) is 8.33. The second-order valence-corrected chi connectivity index (χ2v) is 6.39. The third kappa shape index (κ3) is 3.97. The number of hydrogen-bond donors (Lipinski definition) is 0. The van der Waals surface area contributed by atoms with E-state index in [9.17, 15) is 4.79 Å². The summed E-state index contributed by atoms with van der Waals surface area (Å²) in [6.45, 7) is 4.09. The molecule has 2 aromatic rings. The molecule has 2 heterocycles. The third-order valence-corrected chi connectivity index (χ3v) is 4.38. The fourth-order valence-electron chi connectivity index (χ4n) is 3.07. The van der Waals surface area contributed by atoms with Crippen LogP contribution in [0.15, 0.2) is 36.7 Å². The van der Waals surface area contributed by atoms with E-state index in [0.717, 1.165) is 29.9 Å². The standard InChI is InChI=1S/C19H23N3O2/c1-14-11-20-19(21-12-14)17-5-3-15(4-6-17)9-16-10-18(23)22(13-16)7-8-24-2/h3-6,11-12,16H,7-10,13H2,1-2H3. The van der Waals surface area contributed by atoms with Gasteiger partial charge in [0.05, 0.1) is 6.61 Å². The minimum Gasteiger partial charge on any atom is -0.383 e. The maximum Gasteiger partial charge on any atom is 0.223 e. The van der Waals surface area contributed by atoms with Gasteiger partial charge in [-0.25, -0.2) is 9.97 Å². The summed E-state index contributed by atoms with van der Waals surface area (Å²) in [7, 11) is 1.66. The Balaban J connectivity index is 1.60. The number of aromatic nitrogens is 2. The number of rotatable bonds is 6. The number of likely N-dealkylation sites (tertiary alicyclic amines) is 1. The molecular formula is C19H23N3O2. The molecule has 1 aromatic heterocycles. The Morgan fingerprint density at radius 1 is 1.21 bits per heavy atom. The van der Waals surface area contributed by atoms with Crippen molar-refractivity contribution < 1.29 is 9.53 Å². The third-order valence-electron chi connectivity index (χ3n) is 4.38. The summed E-state index contributed by atoms with van der Waals surface area (Å²) in [4.78, 5) is 22.6. The first-order chi connectivity index (χ1) is 11.7. The number of carbonyl (C=O) groups excluding carboxylic acids is 1. The number of aryl methyl sites for hydroxylation is 1. The Labute approximate surface area is 142 Å². The topological polar surface area (TPSA) is 55.3 Å². The van der Waals surface area contributed by atoms with Crippen LogP contribution in [-0.2, 0) is 16.0 Å². The van der Waals surface area contributed by atoms with E-state index >= 15 is 0 Å². The molecule has 1 unspecified atom stereocenters. The highest BCUT2D eigenvalue weighted by atomic mass is 16.5. The van der Waals surface area contributed by atoms with Gasteiger partial charge in [-0.2, -0.15) is 0 Å². The molecule has 0 spiro atoms. The van der Waals surface area contributed by atoms with Crippen molar-refractivity contribution in [3.63, 3.8) is 0 Å². The van der Waals surface area contributed by atoms with Crippen LogP contribution in [0.2, 0.25) is 0 Å². The average Bonchev–Trinajstić information content (AvgIpc) is 2.94. The van der Waals surface area contributed by atoms with Crippen LogP contribution < -0.4 is 0 Å². The zero-order valence-electron chi connectivity index (χ0n) is 14.2. The van der Waals surface area contributed by atoms with Gasteiger partial charge in [-0.3, -0.25) is 4.79 Å². The summed E-state index contributed by atoms with van der Waals surface area (Å²) >= 11 is 0. The molecule has 1 fully saturated rings. The maximum absolute atomic E-state index is 12.0. The first-order valence-corrected chi connectivity index (χ1v) is 8.30. The molecule has 0 bridgehead atoms. The molecule has 0 aliphatic carbocycles. The van der Waals surface area contributed by atoms with E-state index in [1.165, 1.54) is 5.56 Å². The van der Waals surface area contributed by atoms with Crippen LogP contribution in [0.5, 0.6) is 0 Å². The van der Waals surface area contributed by atoms with Crippen molar-refractivity contribution in [1.29, 1.82) is 0 Å². The van der Waals surface area contributed by atoms with Gasteiger partial charge in [-0.05, 0) is 30.4 Å². The fraction of sp³-hybridized carbons (Fsp3) is 0.421. The molecule has 1 amide bonds. The Hall–Kier alpha value is -2.27. The van der Waals surface area contributed by atoms with Gasteiger partial charge in [-0.1, -0.05) is 24.3 Å². The van der Waals surface area contributed by atoms with Gasteiger partial charge >= 0.3 is 0 Å². The Morgan fingerprint density at radius 2 is 1.92 bits per heavy atom. The van der Waals surface area contributed by atoms with Crippen molar-refractivity contribution in [3.05, 3.63) is 47.8 Å². The van der Waals surface area contributed by atoms with Crippen LogP contribution in [0.1, 0.15) is 17.5 Å². The molecule has 1 aliphatic rings. The lowest BCUT2D eigenvalue weighted by Crippen LogP contribution is -2.28. The number of nitrogens with zero attached hydrogens (tertiary/aromatic N) is 3. The molecule has 1 aromatic carbocycles. The van der Waals surface area contributed by atoms with E-state index in [2.05, 4.69) is 34.2 Å². The number of amides is 1. The van der Waals surface area contributed by atoms with Gasteiger partial charge < -0.3 is 9.64 Å². The van der Waals surface area contributed by atoms with Crippen LogP contribution in [0.3, 0.4) is 0 Å². The predicted molar refractivity (Wildman–Crippen MR) is 92.5 cm³/mol. The van der Waals surface area contributed by atoms with E-state index < -0.39 is 0 Å². The first-order valence-electron chi connectivity index (χ1n) is 8.30. The summed E-state index contributed by atoms with van der Waals surface area (Å²) in [5, 5.41) is 0. The van der Waals surface area contributed by atoms with Crippen LogP contribution >= 0.6 is 0 Å². The van der Waals surface area contributed by atoms with Crippen molar-refractivity contribution in [2.24, 2.45) is 5.92 Å². The second-order valence-electron chi connectivity index (χ2n) is 6.39. The molecular weight excluding hydrogens is 302 g/mol. The van der Waals surface area contributed by atoms with Gasteiger partial charge in [0, 0.05) is 44.6 Å². The Morgan fingerprint density at radius 3 is 2.58 bits per heavy atom. The molecule has 5 heteroatoms. The van der Waals surface area contributed by atoms with Gasteiger partial charge in [0.2, 0.25) is 5.91 Å². The summed E-state index contributed by atoms with van der Waals surface area (Å²) in [6.07, 6.45) is 5.21. The van der Waals surface area contributed by atoms with Crippen molar-refractivity contribution in [2.45, 2.75) is 19.8 Å². The molecule has 0 N–H and O–H groups in total. The first kappa shape index (κ1) is 16.6. The minimum atomic E-state index is 0.238. The summed E-state index contributed by atoms with van der Waals surface area (Å²) < 4.78 is 5.06. The van der Waals surface area contributed by atoms with E-state index in [4.69, 9.17) is 4.74 Å². The highest BCUT2D eigenvalue weighted by Crippen LogP contribution is 2.23. The molecule has 0 saturated carbocycles. The largest absolute Gasteiger partial charge is 0.383 e. The summed E-state index contributed by atoms with van der Waals surface area (Å²) in [5.74, 6) is 1.37. The molecule has 0 radical (unpaired) electrons. The highest BCUT2D eigenvalue weighted by molar-refractivity contribution is 5.78. The SMILES string of the molecule is COCCN1CC(Cc2ccc(-c3ncc(C)cn3)cc2)CC1=O. The van der Waals surface area contributed by atoms with Gasteiger partial charge in [-0.15, -0.1) is 0 Å². The lowest BCUT2D eigenvalue weighted by Gasteiger charge is -2.16. The Bertz CT molecular complexity index is 683. The zero-order chi connectivity index (χ0) is 16.9. The average molecular weight is 325 g/mol. The predicted octanol–water partition coefficient (Wildman–Crippen LogP) is 2.49. The quantitative estimate of drug-likeness (QED) is 0.819. The highest BCUT2D eigenvalue weighted by Gasteiger charge is 2.29. The van der Waals surface area contributed by atoms with E-state index in [0.29, 0.717) is 25.5 Å². The number of ether oxygens (including phenoxy) is 1. The van der Waals surface area contributed by atoms with Gasteiger partial charge in [0.1, 0.15) is 0 Å². The molecule has 126 valence electrons. The van der Waals surface area contributed by atoms with Crippen molar-refractivity contribution in [1.82, 2.24) is 14.9 Å². The zero-order valence-corrected chi connectivity index (χ0v) is 14.2. The second kappa shape index (κ2) is 7.53. The van der Waals surface area contributed by atoms with Gasteiger partial charge in [0.25, 0.3) is 0 Å². The fourth-order valence-corrected chi connectivity index (χ4v) is 3.07.